The van der Waals surface area contributed by atoms with Gasteiger partial charge in [0, 0.05) is 13.1 Å². The van der Waals surface area contributed by atoms with Crippen molar-refractivity contribution < 1.29 is 4.74 Å². The molecule has 90 valence electrons. The smallest absolute Gasteiger partial charge is 0.144 e. The van der Waals surface area contributed by atoms with E-state index in [1.807, 2.05) is 19.2 Å². The molecule has 1 aromatic carbocycles. The van der Waals surface area contributed by atoms with Crippen LogP contribution in [-0.2, 0) is 0 Å². The summed E-state index contributed by atoms with van der Waals surface area (Å²) in [6.07, 6.45) is 1.05. The number of ether oxygens (including phenoxy) is 1. The fraction of sp³-hybridized carbons (Fsp3) is 0.462. The summed E-state index contributed by atoms with van der Waals surface area (Å²) >= 11 is 0. The molecule has 1 aliphatic heterocycles. The third-order valence-corrected chi connectivity index (χ3v) is 3.18. The van der Waals surface area contributed by atoms with Gasteiger partial charge in [0.1, 0.15) is 12.4 Å². The van der Waals surface area contributed by atoms with Crippen LogP contribution in [-0.4, -0.2) is 33.3 Å². The number of rotatable bonds is 3. The summed E-state index contributed by atoms with van der Waals surface area (Å²) in [5, 5.41) is 12.0. The lowest BCUT2D eigenvalue weighted by atomic mass is 10.1. The summed E-state index contributed by atoms with van der Waals surface area (Å²) < 4.78 is 5.73. The summed E-state index contributed by atoms with van der Waals surface area (Å²) in [4.78, 5) is 2.23. The predicted octanol–water partition coefficient (Wildman–Crippen LogP) is 1.36. The molecule has 1 aromatic rings. The quantitative estimate of drug-likeness (QED) is 0.853. The van der Waals surface area contributed by atoms with Crippen LogP contribution in [0.25, 0.3) is 0 Å². The first kappa shape index (κ1) is 11.7. The van der Waals surface area contributed by atoms with Crippen molar-refractivity contribution in [3.8, 4) is 11.8 Å². The molecule has 17 heavy (non-hydrogen) atoms. The highest BCUT2D eigenvalue weighted by atomic mass is 16.5. The van der Waals surface area contributed by atoms with E-state index >= 15 is 0 Å². The molecule has 4 nitrogen and oxygen atoms in total. The average molecular weight is 231 g/mol. The zero-order valence-electron chi connectivity index (χ0n) is 10.2. The molecule has 0 fully saturated rings. The van der Waals surface area contributed by atoms with Crippen LogP contribution in [0.5, 0.6) is 5.75 Å². The molecule has 4 heteroatoms. The molecule has 0 bridgehead atoms. The third-order valence-electron chi connectivity index (χ3n) is 3.18. The molecule has 1 aliphatic rings. The van der Waals surface area contributed by atoms with Gasteiger partial charge in [-0.05, 0) is 32.1 Å². The molecule has 0 aliphatic carbocycles. The van der Waals surface area contributed by atoms with E-state index in [1.54, 1.807) is 6.07 Å². The molecule has 1 heterocycles. The van der Waals surface area contributed by atoms with Gasteiger partial charge in [0.15, 0.2) is 0 Å². The van der Waals surface area contributed by atoms with Crippen LogP contribution >= 0.6 is 0 Å². The Kier molecular flexibility index (Phi) is 3.50. The van der Waals surface area contributed by atoms with Crippen molar-refractivity contribution in [2.24, 2.45) is 0 Å². The molecule has 0 saturated heterocycles. The number of nitriles is 1. The van der Waals surface area contributed by atoms with E-state index in [0.717, 1.165) is 24.4 Å². The van der Waals surface area contributed by atoms with E-state index in [1.165, 1.54) is 0 Å². The van der Waals surface area contributed by atoms with Crippen LogP contribution in [0.2, 0.25) is 0 Å². The molecule has 0 amide bonds. The highest BCUT2D eigenvalue weighted by molar-refractivity contribution is 5.62. The van der Waals surface area contributed by atoms with E-state index in [9.17, 15) is 0 Å². The Bertz CT molecular complexity index is 439. The topological polar surface area (TPSA) is 48.3 Å². The Labute approximate surface area is 102 Å². The van der Waals surface area contributed by atoms with Crippen molar-refractivity contribution >= 4 is 5.69 Å². The fourth-order valence-corrected chi connectivity index (χ4v) is 2.07. The van der Waals surface area contributed by atoms with Crippen LogP contribution in [0, 0.1) is 11.3 Å². The summed E-state index contributed by atoms with van der Waals surface area (Å²) in [5.74, 6) is 0.812. The lowest BCUT2D eigenvalue weighted by molar-refractivity contribution is 0.259. The van der Waals surface area contributed by atoms with Crippen LogP contribution in [0.3, 0.4) is 0 Å². The van der Waals surface area contributed by atoms with Gasteiger partial charge in [-0.3, -0.25) is 0 Å². The number of nitrogens with zero attached hydrogens (tertiary/aromatic N) is 2. The van der Waals surface area contributed by atoms with E-state index in [-0.39, 0.29) is 0 Å². The Morgan fingerprint density at radius 1 is 1.59 bits per heavy atom. The standard InChI is InChI=1S/C13H17N3O/c1-15-6-5-11-9-17-13-7-10(8-14)3-4-12(13)16(11)2/h3-4,7,11,15H,5-6,9H2,1-2H3. The Balaban J connectivity index is 2.19. The summed E-state index contributed by atoms with van der Waals surface area (Å²) in [5.41, 5.74) is 1.71. The predicted molar refractivity (Wildman–Crippen MR) is 67.4 cm³/mol. The number of benzene rings is 1. The number of fused-ring (bicyclic) bond motifs is 1. The van der Waals surface area contributed by atoms with Gasteiger partial charge in [-0.1, -0.05) is 0 Å². The van der Waals surface area contributed by atoms with Gasteiger partial charge in [0.25, 0.3) is 0 Å². The molecule has 1 N–H and O–H groups in total. The minimum atomic E-state index is 0.392. The van der Waals surface area contributed by atoms with E-state index in [4.69, 9.17) is 10.00 Å². The normalized spacial score (nSPS) is 18.2. The second-order valence-corrected chi connectivity index (χ2v) is 4.26. The van der Waals surface area contributed by atoms with Gasteiger partial charge in [0.05, 0.1) is 23.4 Å². The molecule has 0 aromatic heterocycles. The largest absolute Gasteiger partial charge is 0.489 e. The molecule has 0 radical (unpaired) electrons. The zero-order chi connectivity index (χ0) is 12.3. The van der Waals surface area contributed by atoms with Crippen LogP contribution in [0.1, 0.15) is 12.0 Å². The molecular weight excluding hydrogens is 214 g/mol. The Morgan fingerprint density at radius 2 is 2.41 bits per heavy atom. The van der Waals surface area contributed by atoms with Crippen LogP contribution in [0.15, 0.2) is 18.2 Å². The SMILES string of the molecule is CNCCC1COc2cc(C#N)ccc2N1C. The fourth-order valence-electron chi connectivity index (χ4n) is 2.07. The Morgan fingerprint density at radius 3 is 3.12 bits per heavy atom. The molecule has 1 unspecified atom stereocenters. The summed E-state index contributed by atoms with van der Waals surface area (Å²) in [6.45, 7) is 1.66. The van der Waals surface area contributed by atoms with Gasteiger partial charge in [-0.15, -0.1) is 0 Å². The van der Waals surface area contributed by atoms with Crippen LogP contribution < -0.4 is 15.0 Å². The lowest BCUT2D eigenvalue weighted by Crippen LogP contribution is -2.41. The third kappa shape index (κ3) is 2.34. The molecule has 0 spiro atoms. The summed E-state index contributed by atoms with van der Waals surface area (Å²) in [7, 11) is 4.03. The van der Waals surface area contributed by atoms with Crippen molar-refractivity contribution in [3.63, 3.8) is 0 Å². The monoisotopic (exact) mass is 231 g/mol. The van der Waals surface area contributed by atoms with Crippen molar-refractivity contribution in [3.05, 3.63) is 23.8 Å². The van der Waals surface area contributed by atoms with Gasteiger partial charge < -0.3 is 15.0 Å². The minimum Gasteiger partial charge on any atom is -0.489 e. The number of hydrogen-bond donors (Lipinski definition) is 1. The van der Waals surface area contributed by atoms with Crippen molar-refractivity contribution in [2.75, 3.05) is 32.1 Å². The maximum Gasteiger partial charge on any atom is 0.144 e. The lowest BCUT2D eigenvalue weighted by Gasteiger charge is -2.36. The van der Waals surface area contributed by atoms with Crippen molar-refractivity contribution in [2.45, 2.75) is 12.5 Å². The number of likely N-dealkylation sites (N-methyl/N-ethyl adjacent to an activating group) is 1. The average Bonchev–Trinajstić information content (AvgIpc) is 2.37. The summed E-state index contributed by atoms with van der Waals surface area (Å²) in [6, 6.07) is 8.12. The van der Waals surface area contributed by atoms with Crippen molar-refractivity contribution in [1.82, 2.24) is 5.32 Å². The molecule has 0 saturated carbocycles. The minimum absolute atomic E-state index is 0.392. The maximum atomic E-state index is 8.85. The molecule has 2 rings (SSSR count). The number of hydrogen-bond acceptors (Lipinski definition) is 4. The van der Waals surface area contributed by atoms with Gasteiger partial charge in [-0.2, -0.15) is 5.26 Å². The van der Waals surface area contributed by atoms with Gasteiger partial charge in [0.2, 0.25) is 0 Å². The second kappa shape index (κ2) is 5.07. The first-order valence-corrected chi connectivity index (χ1v) is 5.80. The van der Waals surface area contributed by atoms with E-state index in [2.05, 4.69) is 23.3 Å². The first-order valence-electron chi connectivity index (χ1n) is 5.80. The zero-order valence-corrected chi connectivity index (χ0v) is 10.2. The van der Waals surface area contributed by atoms with E-state index < -0.39 is 0 Å². The maximum absolute atomic E-state index is 8.85. The first-order chi connectivity index (χ1) is 8.26. The number of nitrogens with one attached hydrogen (secondary N) is 1. The van der Waals surface area contributed by atoms with E-state index in [0.29, 0.717) is 18.2 Å². The highest BCUT2D eigenvalue weighted by Gasteiger charge is 2.24. The van der Waals surface area contributed by atoms with Crippen LogP contribution in [0.4, 0.5) is 5.69 Å². The molecule has 1 atom stereocenters. The van der Waals surface area contributed by atoms with Gasteiger partial charge in [-0.25, -0.2) is 0 Å². The second-order valence-electron chi connectivity index (χ2n) is 4.26. The van der Waals surface area contributed by atoms with Crippen molar-refractivity contribution in [1.29, 1.82) is 5.26 Å². The molecular formula is C13H17N3O. The highest BCUT2D eigenvalue weighted by Crippen LogP contribution is 2.34. The Hall–Kier alpha value is -1.73. The number of anilines is 1. The van der Waals surface area contributed by atoms with Gasteiger partial charge >= 0.3 is 0 Å².